The van der Waals surface area contributed by atoms with Crippen LogP contribution in [-0.2, 0) is 16.1 Å². The minimum atomic E-state index is -0.445. The van der Waals surface area contributed by atoms with Crippen LogP contribution in [0.5, 0.6) is 0 Å². The monoisotopic (exact) mass is 266 g/mol. The molecule has 1 aliphatic heterocycles. The Morgan fingerprint density at radius 1 is 1.47 bits per heavy atom. The standard InChI is InChI=1S/C11H18N6O2/c1-15(2)11(19)9-5-12-3-4-17(9)10(18)6-16-8-13-7-14-16/h7-9,12H,3-6H2,1-2H3. The van der Waals surface area contributed by atoms with Crippen molar-refractivity contribution < 1.29 is 9.59 Å². The van der Waals surface area contributed by atoms with Gasteiger partial charge < -0.3 is 15.1 Å². The highest BCUT2D eigenvalue weighted by molar-refractivity contribution is 5.87. The summed E-state index contributed by atoms with van der Waals surface area (Å²) in [7, 11) is 3.38. The number of carbonyl (C=O) groups is 2. The number of hydrogen-bond acceptors (Lipinski definition) is 5. The molecule has 2 amide bonds. The van der Waals surface area contributed by atoms with Crippen molar-refractivity contribution in [3.63, 3.8) is 0 Å². The Labute approximate surface area is 111 Å². The van der Waals surface area contributed by atoms with E-state index in [2.05, 4.69) is 15.4 Å². The first-order valence-electron chi connectivity index (χ1n) is 6.13. The minimum absolute atomic E-state index is 0.0702. The molecular formula is C11H18N6O2. The summed E-state index contributed by atoms with van der Waals surface area (Å²) in [4.78, 5) is 31.2. The van der Waals surface area contributed by atoms with Gasteiger partial charge in [-0.25, -0.2) is 9.67 Å². The number of likely N-dealkylation sites (N-methyl/N-ethyl adjacent to an activating group) is 1. The molecule has 8 heteroatoms. The third-order valence-corrected chi connectivity index (χ3v) is 3.05. The fraction of sp³-hybridized carbons (Fsp3) is 0.636. The third-order valence-electron chi connectivity index (χ3n) is 3.05. The Morgan fingerprint density at radius 3 is 2.89 bits per heavy atom. The first kappa shape index (κ1) is 13.5. The van der Waals surface area contributed by atoms with Crippen molar-refractivity contribution in [1.82, 2.24) is 29.9 Å². The van der Waals surface area contributed by atoms with E-state index in [0.29, 0.717) is 19.6 Å². The summed E-state index contributed by atoms with van der Waals surface area (Å²) in [5, 5.41) is 7.04. The summed E-state index contributed by atoms with van der Waals surface area (Å²) in [5.41, 5.74) is 0. The molecule has 1 aromatic heterocycles. The fourth-order valence-corrected chi connectivity index (χ4v) is 2.07. The van der Waals surface area contributed by atoms with Crippen molar-refractivity contribution in [3.05, 3.63) is 12.7 Å². The van der Waals surface area contributed by atoms with Gasteiger partial charge in [0.15, 0.2) is 0 Å². The second-order valence-electron chi connectivity index (χ2n) is 4.63. The lowest BCUT2D eigenvalue weighted by Crippen LogP contribution is -2.59. The lowest BCUT2D eigenvalue weighted by molar-refractivity contribution is -0.145. The number of piperazine rings is 1. The summed E-state index contributed by atoms with van der Waals surface area (Å²) in [6.07, 6.45) is 2.87. The van der Waals surface area contributed by atoms with Crippen LogP contribution in [0.1, 0.15) is 0 Å². The number of nitrogens with one attached hydrogen (secondary N) is 1. The number of rotatable bonds is 3. The first-order valence-corrected chi connectivity index (χ1v) is 6.13. The maximum atomic E-state index is 12.2. The summed E-state index contributed by atoms with van der Waals surface area (Å²) < 4.78 is 1.46. The van der Waals surface area contributed by atoms with Gasteiger partial charge in [-0.2, -0.15) is 5.10 Å². The van der Waals surface area contributed by atoms with Crippen molar-refractivity contribution in [2.45, 2.75) is 12.6 Å². The normalized spacial score (nSPS) is 19.3. The Hall–Kier alpha value is -1.96. The van der Waals surface area contributed by atoms with E-state index < -0.39 is 6.04 Å². The van der Waals surface area contributed by atoms with Crippen LogP contribution in [0, 0.1) is 0 Å². The van der Waals surface area contributed by atoms with Gasteiger partial charge in [0.1, 0.15) is 25.2 Å². The topological polar surface area (TPSA) is 83.4 Å². The van der Waals surface area contributed by atoms with Crippen LogP contribution >= 0.6 is 0 Å². The number of amides is 2. The fourth-order valence-electron chi connectivity index (χ4n) is 2.07. The van der Waals surface area contributed by atoms with E-state index >= 15 is 0 Å². The van der Waals surface area contributed by atoms with Gasteiger partial charge in [-0.15, -0.1) is 0 Å². The van der Waals surface area contributed by atoms with Crippen molar-refractivity contribution in [2.75, 3.05) is 33.7 Å². The van der Waals surface area contributed by atoms with E-state index in [1.54, 1.807) is 19.0 Å². The molecule has 0 spiro atoms. The molecule has 1 aromatic rings. The highest BCUT2D eigenvalue weighted by Crippen LogP contribution is 2.07. The highest BCUT2D eigenvalue weighted by Gasteiger charge is 2.32. The average molecular weight is 266 g/mol. The molecule has 2 heterocycles. The first-order chi connectivity index (χ1) is 9.09. The van der Waals surface area contributed by atoms with Gasteiger partial charge in [0, 0.05) is 33.7 Å². The van der Waals surface area contributed by atoms with Crippen LogP contribution in [0.2, 0.25) is 0 Å². The van der Waals surface area contributed by atoms with Crippen LogP contribution in [0.15, 0.2) is 12.7 Å². The highest BCUT2D eigenvalue weighted by atomic mass is 16.2. The largest absolute Gasteiger partial charge is 0.347 e. The zero-order valence-corrected chi connectivity index (χ0v) is 11.1. The average Bonchev–Trinajstić information content (AvgIpc) is 2.90. The number of hydrogen-bond donors (Lipinski definition) is 1. The quantitative estimate of drug-likeness (QED) is 0.695. The lowest BCUT2D eigenvalue weighted by Gasteiger charge is -2.36. The van der Waals surface area contributed by atoms with E-state index in [0.717, 1.165) is 0 Å². The molecule has 19 heavy (non-hydrogen) atoms. The second kappa shape index (κ2) is 5.79. The Morgan fingerprint density at radius 2 is 2.26 bits per heavy atom. The van der Waals surface area contributed by atoms with E-state index in [-0.39, 0.29) is 18.4 Å². The van der Waals surface area contributed by atoms with Crippen molar-refractivity contribution in [1.29, 1.82) is 0 Å². The number of carbonyl (C=O) groups excluding carboxylic acids is 2. The summed E-state index contributed by atoms with van der Waals surface area (Å²) in [5.74, 6) is -0.189. The Balaban J connectivity index is 2.06. The second-order valence-corrected chi connectivity index (χ2v) is 4.63. The Kier molecular flexibility index (Phi) is 4.10. The molecule has 0 aliphatic carbocycles. The maximum absolute atomic E-state index is 12.2. The molecule has 1 fully saturated rings. The smallest absolute Gasteiger partial charge is 0.246 e. The molecule has 0 saturated carbocycles. The van der Waals surface area contributed by atoms with Crippen molar-refractivity contribution in [3.8, 4) is 0 Å². The molecule has 8 nitrogen and oxygen atoms in total. The van der Waals surface area contributed by atoms with Crippen LogP contribution in [0.4, 0.5) is 0 Å². The van der Waals surface area contributed by atoms with Gasteiger partial charge in [0.25, 0.3) is 0 Å². The van der Waals surface area contributed by atoms with E-state index in [1.165, 1.54) is 22.2 Å². The number of nitrogens with zero attached hydrogens (tertiary/aromatic N) is 5. The molecule has 1 aliphatic rings. The van der Waals surface area contributed by atoms with Gasteiger partial charge in [-0.1, -0.05) is 0 Å². The van der Waals surface area contributed by atoms with Gasteiger partial charge in [0.2, 0.25) is 11.8 Å². The zero-order valence-electron chi connectivity index (χ0n) is 11.1. The van der Waals surface area contributed by atoms with Crippen LogP contribution in [0.25, 0.3) is 0 Å². The van der Waals surface area contributed by atoms with E-state index in [1.807, 2.05) is 0 Å². The lowest BCUT2D eigenvalue weighted by atomic mass is 10.1. The van der Waals surface area contributed by atoms with Gasteiger partial charge in [-0.3, -0.25) is 9.59 Å². The Bertz CT molecular complexity index is 444. The minimum Gasteiger partial charge on any atom is -0.347 e. The van der Waals surface area contributed by atoms with Gasteiger partial charge >= 0.3 is 0 Å². The molecule has 0 radical (unpaired) electrons. The molecule has 1 N–H and O–H groups in total. The molecule has 0 bridgehead atoms. The van der Waals surface area contributed by atoms with Gasteiger partial charge in [-0.05, 0) is 0 Å². The summed E-state index contributed by atoms with van der Waals surface area (Å²) in [6, 6.07) is -0.445. The molecule has 104 valence electrons. The molecule has 2 rings (SSSR count). The molecule has 1 unspecified atom stereocenters. The predicted octanol–water partition coefficient (Wildman–Crippen LogP) is -1.83. The summed E-state index contributed by atoms with van der Waals surface area (Å²) >= 11 is 0. The molecular weight excluding hydrogens is 248 g/mol. The summed E-state index contributed by atoms with van der Waals surface area (Å²) in [6.45, 7) is 1.81. The van der Waals surface area contributed by atoms with Crippen molar-refractivity contribution >= 4 is 11.8 Å². The van der Waals surface area contributed by atoms with E-state index in [9.17, 15) is 9.59 Å². The molecule has 1 saturated heterocycles. The molecule has 0 aromatic carbocycles. The molecule has 1 atom stereocenters. The SMILES string of the molecule is CN(C)C(=O)C1CNCCN1C(=O)Cn1cncn1. The van der Waals surface area contributed by atoms with Crippen LogP contribution in [0.3, 0.4) is 0 Å². The van der Waals surface area contributed by atoms with Gasteiger partial charge in [0.05, 0.1) is 0 Å². The number of aromatic nitrogens is 3. The predicted molar refractivity (Wildman–Crippen MR) is 67.1 cm³/mol. The van der Waals surface area contributed by atoms with Crippen LogP contribution in [-0.4, -0.2) is 76.2 Å². The van der Waals surface area contributed by atoms with Crippen molar-refractivity contribution in [2.24, 2.45) is 0 Å². The van der Waals surface area contributed by atoms with E-state index in [4.69, 9.17) is 0 Å². The maximum Gasteiger partial charge on any atom is 0.246 e. The third kappa shape index (κ3) is 3.08. The zero-order chi connectivity index (χ0) is 13.8. The van der Waals surface area contributed by atoms with Crippen LogP contribution < -0.4 is 5.32 Å².